The lowest BCUT2D eigenvalue weighted by molar-refractivity contribution is -0.142. The van der Waals surface area contributed by atoms with E-state index in [2.05, 4.69) is 20.4 Å². The third-order valence-corrected chi connectivity index (χ3v) is 3.45. The van der Waals surface area contributed by atoms with Gasteiger partial charge in [0.2, 0.25) is 5.16 Å². The zero-order valence-electron chi connectivity index (χ0n) is 11.1. The van der Waals surface area contributed by atoms with E-state index in [0.717, 1.165) is 6.54 Å². The summed E-state index contributed by atoms with van der Waals surface area (Å²) < 4.78 is 6.75. The minimum absolute atomic E-state index is 0.348. The highest BCUT2D eigenvalue weighted by molar-refractivity contribution is 7.99. The van der Waals surface area contributed by atoms with E-state index in [9.17, 15) is 4.79 Å². The number of nitrogens with zero attached hydrogens (tertiary/aromatic N) is 5. The number of tetrazole rings is 1. The van der Waals surface area contributed by atoms with Crippen molar-refractivity contribution in [2.45, 2.75) is 24.7 Å². The molecule has 7 nitrogen and oxygen atoms in total. The van der Waals surface area contributed by atoms with Gasteiger partial charge >= 0.3 is 5.97 Å². The van der Waals surface area contributed by atoms with Crippen molar-refractivity contribution in [2.75, 3.05) is 26.4 Å². The van der Waals surface area contributed by atoms with E-state index < -0.39 is 6.10 Å². The van der Waals surface area contributed by atoms with Crippen LogP contribution >= 0.6 is 24.0 Å². The van der Waals surface area contributed by atoms with Gasteiger partial charge in [-0.05, 0) is 24.5 Å². The first-order chi connectivity index (χ1) is 9.02. The van der Waals surface area contributed by atoms with Crippen molar-refractivity contribution in [3.8, 4) is 0 Å². The maximum absolute atomic E-state index is 10.9. The van der Waals surface area contributed by atoms with Crippen molar-refractivity contribution in [3.05, 3.63) is 0 Å². The van der Waals surface area contributed by atoms with Gasteiger partial charge in [-0.3, -0.25) is 4.79 Å². The van der Waals surface area contributed by atoms with Crippen molar-refractivity contribution in [1.29, 1.82) is 0 Å². The Morgan fingerprint density at radius 1 is 1.63 bits per heavy atom. The lowest BCUT2D eigenvalue weighted by Crippen LogP contribution is -2.21. The van der Waals surface area contributed by atoms with Gasteiger partial charge in [0, 0.05) is 24.6 Å². The molecule has 0 bridgehead atoms. The third-order valence-electron chi connectivity index (χ3n) is 2.10. The minimum atomic E-state index is -0.406. The van der Waals surface area contributed by atoms with Crippen LogP contribution in [0.4, 0.5) is 0 Å². The Balaban J connectivity index is 2.50. The second-order valence-electron chi connectivity index (χ2n) is 4.08. The van der Waals surface area contributed by atoms with Crippen molar-refractivity contribution in [2.24, 2.45) is 0 Å². The van der Waals surface area contributed by atoms with Crippen LogP contribution in [0.25, 0.3) is 0 Å². The molecule has 1 atom stereocenters. The summed E-state index contributed by atoms with van der Waals surface area (Å²) in [7, 11) is 3.97. The molecular formula is C10H17N5O2S2. The van der Waals surface area contributed by atoms with Gasteiger partial charge in [-0.25, -0.2) is 4.68 Å². The Kier molecular flexibility index (Phi) is 6.89. The molecule has 0 aliphatic carbocycles. The molecule has 106 valence electrons. The number of hydrogen-bond donors (Lipinski definition) is 0. The van der Waals surface area contributed by atoms with Crippen molar-refractivity contribution >= 4 is 35.3 Å². The van der Waals surface area contributed by atoms with Crippen molar-refractivity contribution < 1.29 is 9.53 Å². The highest BCUT2D eigenvalue weighted by Crippen LogP contribution is 2.15. The van der Waals surface area contributed by atoms with E-state index in [0.29, 0.717) is 17.5 Å². The van der Waals surface area contributed by atoms with Crippen LogP contribution in [0.3, 0.4) is 0 Å². The fourth-order valence-electron chi connectivity index (χ4n) is 1.21. The number of carbonyl (C=O) groups excluding carboxylic acids is 1. The summed E-state index contributed by atoms with van der Waals surface area (Å²) in [5, 5.41) is 13.6. The smallest absolute Gasteiger partial charge is 0.303 e. The lowest BCUT2D eigenvalue weighted by Gasteiger charge is -2.12. The van der Waals surface area contributed by atoms with Crippen LogP contribution in [-0.4, -0.2) is 68.9 Å². The molecule has 0 amide bonds. The summed E-state index contributed by atoms with van der Waals surface area (Å²) >= 11 is 6.24. The Morgan fingerprint density at radius 3 is 2.95 bits per heavy atom. The first-order valence-corrected chi connectivity index (χ1v) is 7.15. The third kappa shape index (κ3) is 6.08. The number of likely N-dealkylation sites (N-methyl/N-ethyl adjacent to an activating group) is 1. The summed E-state index contributed by atoms with van der Waals surface area (Å²) in [4.78, 5) is 12.9. The van der Waals surface area contributed by atoms with Gasteiger partial charge in [0.25, 0.3) is 0 Å². The average Bonchev–Trinajstić information content (AvgIpc) is 2.78. The average molecular weight is 303 g/mol. The van der Waals surface area contributed by atoms with E-state index in [1.165, 1.54) is 24.1 Å². The number of hydrogen-bond acceptors (Lipinski definition) is 8. The molecule has 1 aromatic heterocycles. The Labute approximate surface area is 121 Å². The van der Waals surface area contributed by atoms with E-state index in [-0.39, 0.29) is 5.97 Å². The number of rotatable bonds is 8. The molecule has 9 heteroatoms. The van der Waals surface area contributed by atoms with Crippen LogP contribution < -0.4 is 0 Å². The molecule has 0 aromatic carbocycles. The summed E-state index contributed by atoms with van der Waals surface area (Å²) in [6.07, 6.45) is -0.406. The van der Waals surface area contributed by atoms with Gasteiger partial charge < -0.3 is 9.64 Å². The molecule has 1 unspecified atom stereocenters. The SMILES string of the molecule is CC(=O)OC(C=S)CSc1nnnn1CCN(C)C. The van der Waals surface area contributed by atoms with Gasteiger partial charge in [0.15, 0.2) is 0 Å². The van der Waals surface area contributed by atoms with E-state index in [4.69, 9.17) is 17.0 Å². The highest BCUT2D eigenvalue weighted by Gasteiger charge is 2.13. The zero-order chi connectivity index (χ0) is 14.3. The number of aromatic nitrogens is 4. The highest BCUT2D eigenvalue weighted by atomic mass is 32.2. The minimum Gasteiger partial charge on any atom is -0.457 e. The predicted octanol–water partition coefficient (Wildman–Crippen LogP) is 0.258. The molecule has 1 aromatic rings. The van der Waals surface area contributed by atoms with E-state index in [1.54, 1.807) is 4.68 Å². The Morgan fingerprint density at radius 2 is 2.37 bits per heavy atom. The number of carbonyl (C=O) groups is 1. The van der Waals surface area contributed by atoms with Crippen LogP contribution in [0.2, 0.25) is 0 Å². The number of ether oxygens (including phenoxy) is 1. The molecular weight excluding hydrogens is 286 g/mol. The van der Waals surface area contributed by atoms with Crippen LogP contribution in [0.5, 0.6) is 0 Å². The Bertz CT molecular complexity index is 424. The fourth-order valence-corrected chi connectivity index (χ4v) is 2.33. The standard InChI is InChI=1S/C10H17N5O2S2/c1-8(16)17-9(6-18)7-19-10-11-12-13-15(10)5-4-14(2)3/h6,9H,4-5,7H2,1-3H3. The number of esters is 1. The monoisotopic (exact) mass is 303 g/mol. The predicted molar refractivity (Wildman–Crippen MR) is 76.3 cm³/mol. The zero-order valence-corrected chi connectivity index (χ0v) is 12.8. The van der Waals surface area contributed by atoms with Crippen LogP contribution in [0, 0.1) is 0 Å². The quantitative estimate of drug-likeness (QED) is 0.385. The maximum Gasteiger partial charge on any atom is 0.303 e. The molecule has 0 spiro atoms. The molecule has 0 aliphatic rings. The van der Waals surface area contributed by atoms with E-state index in [1.807, 2.05) is 14.1 Å². The first-order valence-electron chi connectivity index (χ1n) is 5.69. The molecule has 0 aliphatic heterocycles. The van der Waals surface area contributed by atoms with Gasteiger partial charge in [0.05, 0.1) is 6.54 Å². The first kappa shape index (κ1) is 16.0. The molecule has 1 heterocycles. The summed E-state index contributed by atoms with van der Waals surface area (Å²) in [6, 6.07) is 0. The van der Waals surface area contributed by atoms with Crippen molar-refractivity contribution in [3.63, 3.8) is 0 Å². The largest absolute Gasteiger partial charge is 0.457 e. The number of thioether (sulfide) groups is 1. The van der Waals surface area contributed by atoms with Gasteiger partial charge in [-0.2, -0.15) is 0 Å². The van der Waals surface area contributed by atoms with Crippen LogP contribution in [0.1, 0.15) is 6.92 Å². The van der Waals surface area contributed by atoms with Crippen molar-refractivity contribution in [1.82, 2.24) is 25.1 Å². The van der Waals surface area contributed by atoms with Crippen LogP contribution in [0.15, 0.2) is 5.16 Å². The lowest BCUT2D eigenvalue weighted by atomic mass is 10.5. The molecule has 0 saturated carbocycles. The summed E-state index contributed by atoms with van der Waals surface area (Å²) in [5.41, 5.74) is 0. The Hall–Kier alpha value is -1.06. The second-order valence-corrected chi connectivity index (χ2v) is 5.34. The fraction of sp³-hybridized carbons (Fsp3) is 0.700. The van der Waals surface area contributed by atoms with Gasteiger partial charge in [-0.15, -0.1) is 5.10 Å². The number of thiocarbonyl (C=S) groups is 1. The normalized spacial score (nSPS) is 12.4. The molecule has 19 heavy (non-hydrogen) atoms. The second kappa shape index (κ2) is 8.18. The summed E-state index contributed by atoms with van der Waals surface area (Å²) in [5.74, 6) is 0.157. The topological polar surface area (TPSA) is 73.1 Å². The molecule has 0 saturated heterocycles. The maximum atomic E-state index is 10.9. The molecule has 0 radical (unpaired) electrons. The molecule has 1 rings (SSSR count). The van der Waals surface area contributed by atoms with Gasteiger partial charge in [-0.1, -0.05) is 24.0 Å². The molecule has 0 N–H and O–H groups in total. The van der Waals surface area contributed by atoms with E-state index >= 15 is 0 Å². The van der Waals surface area contributed by atoms with Gasteiger partial charge in [0.1, 0.15) is 6.10 Å². The van der Waals surface area contributed by atoms with Crippen LogP contribution in [-0.2, 0) is 16.1 Å². The molecule has 0 fully saturated rings. The summed E-state index contributed by atoms with van der Waals surface area (Å²) in [6.45, 7) is 2.91.